The van der Waals surface area contributed by atoms with Gasteiger partial charge in [0.15, 0.2) is 5.58 Å². The first kappa shape index (κ1) is 13.4. The summed E-state index contributed by atoms with van der Waals surface area (Å²) in [6.45, 7) is 4.04. The largest absolute Gasteiger partial charge is 0.417 e. The first-order chi connectivity index (χ1) is 9.06. The highest BCUT2D eigenvalue weighted by atomic mass is 16.4. The van der Waals surface area contributed by atoms with E-state index in [1.165, 1.54) is 0 Å². The first-order valence-corrected chi connectivity index (χ1v) is 6.26. The van der Waals surface area contributed by atoms with Gasteiger partial charge in [-0.15, -0.1) is 0 Å². The van der Waals surface area contributed by atoms with Crippen molar-refractivity contribution >= 4 is 11.1 Å². The second kappa shape index (κ2) is 5.29. The summed E-state index contributed by atoms with van der Waals surface area (Å²) < 4.78 is 5.06. The summed E-state index contributed by atoms with van der Waals surface area (Å²) in [5, 5.41) is 12.5. The van der Waals surface area contributed by atoms with Crippen molar-refractivity contribution in [2.75, 3.05) is 7.05 Å². The number of aromatic amines is 1. The van der Waals surface area contributed by atoms with E-state index in [0.29, 0.717) is 11.1 Å². The molecule has 1 aromatic carbocycles. The number of rotatable bonds is 4. The van der Waals surface area contributed by atoms with Gasteiger partial charge < -0.3 is 9.73 Å². The lowest BCUT2D eigenvalue weighted by atomic mass is 9.85. The molecule has 0 bridgehead atoms. The van der Waals surface area contributed by atoms with Crippen molar-refractivity contribution in [3.8, 4) is 6.07 Å². The number of nitrogens with zero attached hydrogens (tertiary/aromatic N) is 1. The van der Waals surface area contributed by atoms with Gasteiger partial charge in [0.1, 0.15) is 0 Å². The Morgan fingerprint density at radius 3 is 2.74 bits per heavy atom. The average molecular weight is 259 g/mol. The lowest BCUT2D eigenvalue weighted by molar-refractivity contribution is 0.363. The molecule has 100 valence electrons. The maximum Gasteiger partial charge on any atom is 0.417 e. The second-order valence-electron chi connectivity index (χ2n) is 4.94. The van der Waals surface area contributed by atoms with Crippen molar-refractivity contribution in [3.63, 3.8) is 0 Å². The number of hydrogen-bond donors (Lipinski definition) is 2. The van der Waals surface area contributed by atoms with Crippen LogP contribution >= 0.6 is 0 Å². The second-order valence-corrected chi connectivity index (χ2v) is 4.94. The molecule has 1 aromatic heterocycles. The lowest BCUT2D eigenvalue weighted by Gasteiger charge is -2.24. The van der Waals surface area contributed by atoms with Gasteiger partial charge in [-0.05, 0) is 30.7 Å². The monoisotopic (exact) mass is 259 g/mol. The standard InChI is InChI=1S/C14H17N3O2/c1-8(2)10(7-15)13(16-3)9-4-5-11-12(6-9)19-14(18)17-11/h4-6,8,10,13,16H,1-3H3,(H,17,18). The van der Waals surface area contributed by atoms with E-state index in [1.807, 2.05) is 27.0 Å². The van der Waals surface area contributed by atoms with Crippen molar-refractivity contribution < 1.29 is 4.42 Å². The minimum absolute atomic E-state index is 0.0883. The molecule has 5 nitrogen and oxygen atoms in total. The summed E-state index contributed by atoms with van der Waals surface area (Å²) in [6, 6.07) is 7.76. The Hall–Kier alpha value is -2.06. The molecule has 2 unspecified atom stereocenters. The molecule has 0 aliphatic carbocycles. The number of aromatic nitrogens is 1. The summed E-state index contributed by atoms with van der Waals surface area (Å²) >= 11 is 0. The highest BCUT2D eigenvalue weighted by molar-refractivity contribution is 5.72. The van der Waals surface area contributed by atoms with Gasteiger partial charge in [-0.2, -0.15) is 5.26 Å². The first-order valence-electron chi connectivity index (χ1n) is 6.26. The smallest absolute Gasteiger partial charge is 0.408 e. The van der Waals surface area contributed by atoms with Crippen LogP contribution < -0.4 is 11.1 Å². The minimum Gasteiger partial charge on any atom is -0.408 e. The molecular weight excluding hydrogens is 242 g/mol. The third-order valence-corrected chi connectivity index (χ3v) is 3.34. The molecule has 0 saturated carbocycles. The molecule has 1 heterocycles. The van der Waals surface area contributed by atoms with E-state index in [1.54, 1.807) is 12.1 Å². The number of nitriles is 1. The van der Waals surface area contributed by atoms with Crippen molar-refractivity contribution in [1.29, 1.82) is 5.26 Å². The Morgan fingerprint density at radius 2 is 2.16 bits per heavy atom. The molecule has 2 aromatic rings. The van der Waals surface area contributed by atoms with Crippen molar-refractivity contribution in [1.82, 2.24) is 10.3 Å². The number of hydrogen-bond acceptors (Lipinski definition) is 4. The van der Waals surface area contributed by atoms with E-state index >= 15 is 0 Å². The van der Waals surface area contributed by atoms with Crippen LogP contribution in [-0.2, 0) is 0 Å². The van der Waals surface area contributed by atoms with Gasteiger partial charge in [0, 0.05) is 6.04 Å². The number of oxazole rings is 1. The Balaban J connectivity index is 2.45. The topological polar surface area (TPSA) is 81.8 Å². The predicted octanol–water partition coefficient (Wildman–Crippen LogP) is 2.18. The molecule has 0 fully saturated rings. The quantitative estimate of drug-likeness (QED) is 0.881. The Bertz CT molecular complexity index is 663. The highest BCUT2D eigenvalue weighted by Gasteiger charge is 2.25. The molecule has 0 saturated heterocycles. The zero-order valence-electron chi connectivity index (χ0n) is 11.2. The third-order valence-electron chi connectivity index (χ3n) is 3.34. The van der Waals surface area contributed by atoms with E-state index in [4.69, 9.17) is 4.42 Å². The molecule has 0 aliphatic heterocycles. The van der Waals surface area contributed by atoms with Crippen LogP contribution in [0.2, 0.25) is 0 Å². The zero-order valence-corrected chi connectivity index (χ0v) is 11.2. The summed E-state index contributed by atoms with van der Waals surface area (Å²) in [5.41, 5.74) is 2.13. The normalized spacial score (nSPS) is 14.5. The highest BCUT2D eigenvalue weighted by Crippen LogP contribution is 2.28. The van der Waals surface area contributed by atoms with Gasteiger partial charge >= 0.3 is 5.76 Å². The molecule has 2 N–H and O–H groups in total. The van der Waals surface area contributed by atoms with E-state index in [2.05, 4.69) is 16.4 Å². The summed E-state index contributed by atoms with van der Waals surface area (Å²) in [7, 11) is 1.83. The van der Waals surface area contributed by atoms with Crippen LogP contribution in [0.5, 0.6) is 0 Å². The molecule has 0 spiro atoms. The Labute approximate surface area is 111 Å². The molecule has 19 heavy (non-hydrogen) atoms. The fourth-order valence-corrected chi connectivity index (χ4v) is 2.32. The van der Waals surface area contributed by atoms with Gasteiger partial charge in [0.25, 0.3) is 0 Å². The minimum atomic E-state index is -0.464. The third kappa shape index (κ3) is 2.54. The summed E-state index contributed by atoms with van der Waals surface area (Å²) in [4.78, 5) is 13.7. The van der Waals surface area contributed by atoms with Gasteiger partial charge in [-0.3, -0.25) is 4.98 Å². The Kier molecular flexibility index (Phi) is 3.72. The molecule has 2 rings (SSSR count). The maximum atomic E-state index is 11.1. The van der Waals surface area contributed by atoms with Crippen LogP contribution in [0.25, 0.3) is 11.1 Å². The maximum absolute atomic E-state index is 11.1. The average Bonchev–Trinajstić information content (AvgIpc) is 2.74. The van der Waals surface area contributed by atoms with Gasteiger partial charge in [-0.1, -0.05) is 19.9 Å². The molecule has 0 radical (unpaired) electrons. The Morgan fingerprint density at radius 1 is 1.42 bits per heavy atom. The zero-order chi connectivity index (χ0) is 14.0. The van der Waals surface area contributed by atoms with Crippen molar-refractivity contribution in [3.05, 3.63) is 34.3 Å². The van der Waals surface area contributed by atoms with E-state index in [0.717, 1.165) is 5.56 Å². The molecule has 5 heteroatoms. The van der Waals surface area contributed by atoms with Crippen LogP contribution in [0.1, 0.15) is 25.5 Å². The number of benzene rings is 1. The van der Waals surface area contributed by atoms with Crippen molar-refractivity contribution in [2.24, 2.45) is 11.8 Å². The van der Waals surface area contributed by atoms with Crippen LogP contribution in [-0.4, -0.2) is 12.0 Å². The lowest BCUT2D eigenvalue weighted by Crippen LogP contribution is -2.27. The van der Waals surface area contributed by atoms with E-state index in [-0.39, 0.29) is 17.9 Å². The van der Waals surface area contributed by atoms with Crippen LogP contribution in [0.3, 0.4) is 0 Å². The molecule has 0 amide bonds. The van der Waals surface area contributed by atoms with Gasteiger partial charge in [0.05, 0.1) is 17.5 Å². The van der Waals surface area contributed by atoms with Crippen molar-refractivity contribution in [2.45, 2.75) is 19.9 Å². The molecular formula is C14H17N3O2. The van der Waals surface area contributed by atoms with E-state index in [9.17, 15) is 10.1 Å². The van der Waals surface area contributed by atoms with Crippen LogP contribution in [0.4, 0.5) is 0 Å². The van der Waals surface area contributed by atoms with Crippen LogP contribution in [0.15, 0.2) is 27.4 Å². The summed E-state index contributed by atoms with van der Waals surface area (Å²) in [6.07, 6.45) is 0. The number of nitrogens with one attached hydrogen (secondary N) is 2. The predicted molar refractivity (Wildman–Crippen MR) is 72.6 cm³/mol. The molecule has 2 atom stereocenters. The van der Waals surface area contributed by atoms with Crippen LogP contribution in [0, 0.1) is 23.2 Å². The summed E-state index contributed by atoms with van der Waals surface area (Å²) in [5.74, 6) is -0.377. The number of fused-ring (bicyclic) bond motifs is 1. The SMILES string of the molecule is CNC(c1ccc2[nH]c(=O)oc2c1)C(C#N)C(C)C. The fraction of sp³-hybridized carbons (Fsp3) is 0.429. The van der Waals surface area contributed by atoms with E-state index < -0.39 is 5.76 Å². The fourth-order valence-electron chi connectivity index (χ4n) is 2.32. The molecule has 0 aliphatic rings. The van der Waals surface area contributed by atoms with Gasteiger partial charge in [-0.25, -0.2) is 4.79 Å². The number of H-pyrrole nitrogens is 1. The van der Waals surface area contributed by atoms with Gasteiger partial charge in [0.2, 0.25) is 0 Å².